The van der Waals surface area contributed by atoms with Crippen molar-refractivity contribution in [3.63, 3.8) is 0 Å². The topological polar surface area (TPSA) is 111 Å². The third kappa shape index (κ3) is 6.40. The smallest absolute Gasteiger partial charge is 0.324 e. The fourth-order valence-electron chi connectivity index (χ4n) is 1.76. The van der Waals surface area contributed by atoms with E-state index in [1.54, 1.807) is 0 Å². The molecule has 25 heavy (non-hydrogen) atoms. The molecule has 1 amide bonds. The van der Waals surface area contributed by atoms with Gasteiger partial charge in [-0.1, -0.05) is 12.1 Å². The maximum atomic E-state index is 13.6. The lowest BCUT2D eigenvalue weighted by atomic mass is 10.3. The Hall–Kier alpha value is -2.04. The van der Waals surface area contributed by atoms with Gasteiger partial charge in [0.15, 0.2) is 6.10 Å². The molecule has 0 fully saturated rings. The van der Waals surface area contributed by atoms with Gasteiger partial charge < -0.3 is 14.8 Å². The minimum Gasteiger partial charge on any atom is -0.451 e. The van der Waals surface area contributed by atoms with Gasteiger partial charge in [-0.2, -0.15) is 4.72 Å². The summed E-state index contributed by atoms with van der Waals surface area (Å²) < 4.78 is 49.5. The number of nitrogens with one attached hydrogen (secondary N) is 2. The maximum Gasteiger partial charge on any atom is 0.324 e. The van der Waals surface area contributed by atoms with E-state index in [1.165, 1.54) is 33.1 Å². The Kier molecular flexibility index (Phi) is 7.94. The number of amides is 1. The molecule has 1 rings (SSSR count). The van der Waals surface area contributed by atoms with Crippen LogP contribution in [0.15, 0.2) is 29.2 Å². The van der Waals surface area contributed by atoms with Gasteiger partial charge in [0.2, 0.25) is 10.0 Å². The van der Waals surface area contributed by atoms with Crippen molar-refractivity contribution >= 4 is 21.9 Å². The summed E-state index contributed by atoms with van der Waals surface area (Å²) in [7, 11) is -2.78. The Morgan fingerprint density at radius 1 is 1.24 bits per heavy atom. The van der Waals surface area contributed by atoms with Crippen LogP contribution in [0.5, 0.6) is 0 Å². The monoisotopic (exact) mass is 376 g/mol. The zero-order valence-corrected chi connectivity index (χ0v) is 14.9. The number of carbonyl (C=O) groups excluding carboxylic acids is 2. The van der Waals surface area contributed by atoms with Gasteiger partial charge in [-0.25, -0.2) is 12.8 Å². The first-order valence-electron chi connectivity index (χ1n) is 7.43. The number of hydrogen-bond donors (Lipinski definition) is 2. The van der Waals surface area contributed by atoms with E-state index in [9.17, 15) is 22.4 Å². The van der Waals surface area contributed by atoms with E-state index in [4.69, 9.17) is 9.47 Å². The molecule has 8 nitrogen and oxygen atoms in total. The second-order valence-corrected chi connectivity index (χ2v) is 6.82. The van der Waals surface area contributed by atoms with Crippen LogP contribution in [-0.4, -0.2) is 52.7 Å². The van der Waals surface area contributed by atoms with Crippen LogP contribution in [0.1, 0.15) is 13.8 Å². The van der Waals surface area contributed by atoms with Crippen LogP contribution in [0, 0.1) is 5.82 Å². The lowest BCUT2D eigenvalue weighted by Crippen LogP contribution is -2.44. The zero-order chi connectivity index (χ0) is 19.0. The molecule has 0 aliphatic rings. The number of rotatable bonds is 9. The molecule has 0 aromatic heterocycles. The molecule has 10 heteroatoms. The first kappa shape index (κ1) is 21.0. The second-order valence-electron chi connectivity index (χ2n) is 5.14. The van der Waals surface area contributed by atoms with Gasteiger partial charge in [0.25, 0.3) is 5.91 Å². The van der Waals surface area contributed by atoms with E-state index >= 15 is 0 Å². The molecule has 140 valence electrons. The number of methoxy groups -OCH3 is 1. The van der Waals surface area contributed by atoms with Crippen LogP contribution in [0.25, 0.3) is 0 Å². The van der Waals surface area contributed by atoms with Crippen molar-refractivity contribution in [1.82, 2.24) is 10.0 Å². The van der Waals surface area contributed by atoms with Crippen LogP contribution in [0.2, 0.25) is 0 Å². The van der Waals surface area contributed by atoms with Crippen molar-refractivity contribution in [2.24, 2.45) is 0 Å². The summed E-state index contributed by atoms with van der Waals surface area (Å²) in [5.74, 6) is -2.45. The van der Waals surface area contributed by atoms with Crippen LogP contribution in [0.3, 0.4) is 0 Å². The molecule has 1 aromatic rings. The van der Waals surface area contributed by atoms with Crippen molar-refractivity contribution in [2.45, 2.75) is 30.9 Å². The van der Waals surface area contributed by atoms with E-state index < -0.39 is 44.8 Å². The number of esters is 1. The number of carbonyl (C=O) groups is 2. The van der Waals surface area contributed by atoms with Crippen LogP contribution < -0.4 is 10.0 Å². The fraction of sp³-hybridized carbons (Fsp3) is 0.467. The Morgan fingerprint density at radius 3 is 2.48 bits per heavy atom. The SMILES string of the molecule is COCCNC(=O)[C@@H](C)OC(=O)[C@H](C)NS(=O)(=O)c1ccccc1F. The number of ether oxygens (including phenoxy) is 2. The second kappa shape index (κ2) is 9.44. The summed E-state index contributed by atoms with van der Waals surface area (Å²) in [4.78, 5) is 23.0. The van der Waals surface area contributed by atoms with Crippen molar-refractivity contribution in [3.05, 3.63) is 30.1 Å². The van der Waals surface area contributed by atoms with Gasteiger partial charge in [0, 0.05) is 13.7 Å². The van der Waals surface area contributed by atoms with Gasteiger partial charge in [-0.05, 0) is 26.0 Å². The number of sulfonamides is 1. The molecular weight excluding hydrogens is 355 g/mol. The van der Waals surface area contributed by atoms with Gasteiger partial charge in [-0.15, -0.1) is 0 Å². The van der Waals surface area contributed by atoms with E-state index in [0.717, 1.165) is 12.1 Å². The predicted octanol–water partition coefficient (Wildman–Crippen LogP) is 0.187. The Morgan fingerprint density at radius 2 is 1.88 bits per heavy atom. The summed E-state index contributed by atoms with van der Waals surface area (Å²) in [6.45, 7) is 3.12. The average molecular weight is 376 g/mol. The molecule has 0 saturated heterocycles. The van der Waals surface area contributed by atoms with Crippen LogP contribution in [0.4, 0.5) is 4.39 Å². The molecule has 0 radical (unpaired) electrons. The minimum atomic E-state index is -4.25. The van der Waals surface area contributed by atoms with Gasteiger partial charge in [0.1, 0.15) is 16.8 Å². The number of halogens is 1. The van der Waals surface area contributed by atoms with Crippen molar-refractivity contribution < 1.29 is 31.9 Å². The highest BCUT2D eigenvalue weighted by Gasteiger charge is 2.27. The maximum absolute atomic E-state index is 13.6. The van der Waals surface area contributed by atoms with Gasteiger partial charge in [0.05, 0.1) is 6.61 Å². The van der Waals surface area contributed by atoms with Crippen molar-refractivity contribution in [2.75, 3.05) is 20.3 Å². The van der Waals surface area contributed by atoms with E-state index in [1.807, 2.05) is 4.72 Å². The lowest BCUT2D eigenvalue weighted by molar-refractivity contribution is -0.156. The first-order chi connectivity index (χ1) is 11.7. The van der Waals surface area contributed by atoms with Gasteiger partial charge in [-0.3, -0.25) is 9.59 Å². The van der Waals surface area contributed by atoms with E-state index in [0.29, 0.717) is 6.61 Å². The summed E-state index contributed by atoms with van der Waals surface area (Å²) in [6.07, 6.45) is -1.12. The average Bonchev–Trinajstić information content (AvgIpc) is 2.54. The summed E-state index contributed by atoms with van der Waals surface area (Å²) in [5.41, 5.74) is 0. The molecule has 0 spiro atoms. The molecule has 0 aliphatic heterocycles. The van der Waals surface area contributed by atoms with Gasteiger partial charge >= 0.3 is 5.97 Å². The third-order valence-corrected chi connectivity index (χ3v) is 4.65. The molecular formula is C15H21FN2O6S. The molecule has 0 aliphatic carbocycles. The number of benzene rings is 1. The molecule has 2 atom stereocenters. The highest BCUT2D eigenvalue weighted by molar-refractivity contribution is 7.89. The normalized spacial score (nSPS) is 13.8. The van der Waals surface area contributed by atoms with E-state index in [-0.39, 0.29) is 6.54 Å². The third-order valence-electron chi connectivity index (χ3n) is 3.08. The predicted molar refractivity (Wildman–Crippen MR) is 86.6 cm³/mol. The molecule has 0 saturated carbocycles. The van der Waals surface area contributed by atoms with Crippen molar-refractivity contribution in [3.8, 4) is 0 Å². The fourth-order valence-corrected chi connectivity index (χ4v) is 3.03. The zero-order valence-electron chi connectivity index (χ0n) is 14.1. The molecule has 2 N–H and O–H groups in total. The molecule has 0 bridgehead atoms. The van der Waals surface area contributed by atoms with E-state index in [2.05, 4.69) is 5.32 Å². The molecule has 0 heterocycles. The quantitative estimate of drug-likeness (QED) is 0.470. The molecule has 0 unspecified atom stereocenters. The lowest BCUT2D eigenvalue weighted by Gasteiger charge is -2.17. The van der Waals surface area contributed by atoms with Crippen LogP contribution in [-0.2, 0) is 29.1 Å². The first-order valence-corrected chi connectivity index (χ1v) is 8.91. The summed E-state index contributed by atoms with van der Waals surface area (Å²) in [6, 6.07) is 3.45. The minimum absolute atomic E-state index is 0.243. The Labute approximate surface area is 145 Å². The molecule has 1 aromatic carbocycles. The highest BCUT2D eigenvalue weighted by Crippen LogP contribution is 2.14. The highest BCUT2D eigenvalue weighted by atomic mass is 32.2. The Bertz CT molecular complexity index is 710. The Balaban J connectivity index is 2.65. The summed E-state index contributed by atoms with van der Waals surface area (Å²) >= 11 is 0. The largest absolute Gasteiger partial charge is 0.451 e. The van der Waals surface area contributed by atoms with Crippen molar-refractivity contribution in [1.29, 1.82) is 0 Å². The standard InChI is InChI=1S/C15H21FN2O6S/c1-10(15(20)24-11(2)14(19)17-8-9-23-3)18-25(21,22)13-7-5-4-6-12(13)16/h4-7,10-11,18H,8-9H2,1-3H3,(H,17,19)/t10-,11+/m0/s1. The van der Waals surface area contributed by atoms with Crippen LogP contribution >= 0.6 is 0 Å². The number of hydrogen-bond acceptors (Lipinski definition) is 6. The summed E-state index contributed by atoms with van der Waals surface area (Å²) in [5, 5.41) is 2.48.